The van der Waals surface area contributed by atoms with Gasteiger partial charge in [-0.15, -0.1) is 0 Å². The zero-order valence-electron chi connectivity index (χ0n) is 17.9. The lowest BCUT2D eigenvalue weighted by molar-refractivity contribution is 0.0695. The quantitative estimate of drug-likeness (QED) is 0.645. The summed E-state index contributed by atoms with van der Waals surface area (Å²) in [5.41, 5.74) is 6.41. The Morgan fingerprint density at radius 2 is 1.81 bits per heavy atom. The molecule has 3 aromatic rings. The number of carboxylic acids is 1. The zero-order valence-corrected chi connectivity index (χ0v) is 17.9. The molecule has 1 saturated heterocycles. The van der Waals surface area contributed by atoms with Gasteiger partial charge in [0, 0.05) is 30.4 Å². The van der Waals surface area contributed by atoms with Crippen LogP contribution in [-0.4, -0.2) is 40.0 Å². The van der Waals surface area contributed by atoms with Gasteiger partial charge in [-0.3, -0.25) is 9.78 Å². The molecule has 0 atom stereocenters. The lowest BCUT2D eigenvalue weighted by Gasteiger charge is -2.16. The van der Waals surface area contributed by atoms with Gasteiger partial charge in [-0.25, -0.2) is 4.79 Å². The van der Waals surface area contributed by atoms with Crippen molar-refractivity contribution in [3.05, 3.63) is 88.1 Å². The molecule has 0 bridgehead atoms. The Labute approximate surface area is 182 Å². The van der Waals surface area contributed by atoms with Gasteiger partial charge in [-0.2, -0.15) is 0 Å². The number of aromatic carboxylic acids is 1. The van der Waals surface area contributed by atoms with Crippen molar-refractivity contribution in [1.29, 1.82) is 0 Å². The number of benzene rings is 2. The van der Waals surface area contributed by atoms with E-state index in [4.69, 9.17) is 0 Å². The fraction of sp³-hybridized carbons (Fsp3) is 0.269. The molecule has 1 amide bonds. The van der Waals surface area contributed by atoms with E-state index in [0.29, 0.717) is 17.5 Å². The van der Waals surface area contributed by atoms with Crippen LogP contribution in [0, 0.1) is 13.8 Å². The molecule has 5 nitrogen and oxygen atoms in total. The van der Waals surface area contributed by atoms with Crippen LogP contribution in [-0.2, 0) is 6.42 Å². The van der Waals surface area contributed by atoms with Crippen molar-refractivity contribution >= 4 is 11.9 Å². The van der Waals surface area contributed by atoms with E-state index in [1.807, 2.05) is 61.2 Å². The predicted molar refractivity (Wildman–Crippen MR) is 120 cm³/mol. The molecule has 1 fully saturated rings. The second-order valence-corrected chi connectivity index (χ2v) is 8.23. The number of aryl methyl sites for hydroxylation is 2. The molecule has 0 spiro atoms. The SMILES string of the molecule is Cc1ccc(Cc2cnc(-c3cccc(C(=O)N4CCCC4)c3)c(C)c2)c(C(=O)O)c1. The number of aromatic nitrogens is 1. The predicted octanol–water partition coefficient (Wildman–Crippen LogP) is 4.89. The van der Waals surface area contributed by atoms with E-state index in [-0.39, 0.29) is 5.91 Å². The molecule has 31 heavy (non-hydrogen) atoms. The van der Waals surface area contributed by atoms with Gasteiger partial charge in [0.25, 0.3) is 5.91 Å². The van der Waals surface area contributed by atoms with Crippen LogP contribution < -0.4 is 0 Å². The van der Waals surface area contributed by atoms with Crippen LogP contribution in [0.5, 0.6) is 0 Å². The largest absolute Gasteiger partial charge is 0.478 e. The number of hydrogen-bond acceptors (Lipinski definition) is 3. The summed E-state index contributed by atoms with van der Waals surface area (Å²) in [4.78, 5) is 30.9. The molecule has 0 radical (unpaired) electrons. The van der Waals surface area contributed by atoms with Gasteiger partial charge in [0.15, 0.2) is 0 Å². The van der Waals surface area contributed by atoms with Crippen molar-refractivity contribution in [3.63, 3.8) is 0 Å². The monoisotopic (exact) mass is 414 g/mol. The van der Waals surface area contributed by atoms with Crippen molar-refractivity contribution in [2.24, 2.45) is 0 Å². The second-order valence-electron chi connectivity index (χ2n) is 8.23. The Morgan fingerprint density at radius 1 is 1.03 bits per heavy atom. The van der Waals surface area contributed by atoms with Crippen molar-refractivity contribution < 1.29 is 14.7 Å². The zero-order chi connectivity index (χ0) is 22.0. The first-order valence-corrected chi connectivity index (χ1v) is 10.6. The molecular formula is C26H26N2O3. The van der Waals surface area contributed by atoms with Gasteiger partial charge in [0.1, 0.15) is 0 Å². The van der Waals surface area contributed by atoms with Crippen molar-refractivity contribution in [2.75, 3.05) is 13.1 Å². The van der Waals surface area contributed by atoms with Crippen LogP contribution in [0.15, 0.2) is 54.7 Å². The van der Waals surface area contributed by atoms with Gasteiger partial charge < -0.3 is 10.0 Å². The average molecular weight is 415 g/mol. The highest BCUT2D eigenvalue weighted by Crippen LogP contribution is 2.25. The van der Waals surface area contributed by atoms with E-state index in [9.17, 15) is 14.7 Å². The fourth-order valence-electron chi connectivity index (χ4n) is 4.20. The summed E-state index contributed by atoms with van der Waals surface area (Å²) in [6.07, 6.45) is 4.43. The van der Waals surface area contributed by atoms with Crippen LogP contribution in [0.25, 0.3) is 11.3 Å². The Balaban J connectivity index is 1.59. The summed E-state index contributed by atoms with van der Waals surface area (Å²) in [5.74, 6) is -0.839. The Kier molecular flexibility index (Phi) is 5.85. The van der Waals surface area contributed by atoms with Crippen LogP contribution in [0.4, 0.5) is 0 Å². The number of rotatable bonds is 5. The first-order valence-electron chi connectivity index (χ1n) is 10.6. The molecule has 2 heterocycles. The minimum Gasteiger partial charge on any atom is -0.478 e. The lowest BCUT2D eigenvalue weighted by atomic mass is 9.97. The number of hydrogen-bond donors (Lipinski definition) is 1. The summed E-state index contributed by atoms with van der Waals surface area (Å²) < 4.78 is 0. The highest BCUT2D eigenvalue weighted by atomic mass is 16.4. The maximum Gasteiger partial charge on any atom is 0.335 e. The van der Waals surface area contributed by atoms with E-state index >= 15 is 0 Å². The molecular weight excluding hydrogens is 388 g/mol. The number of carbonyl (C=O) groups is 2. The molecule has 4 rings (SSSR count). The normalized spacial score (nSPS) is 13.4. The summed E-state index contributed by atoms with van der Waals surface area (Å²) in [6.45, 7) is 5.53. The maximum atomic E-state index is 12.7. The first-order chi connectivity index (χ1) is 14.9. The summed E-state index contributed by atoms with van der Waals surface area (Å²) in [6, 6.07) is 15.2. The molecule has 0 saturated carbocycles. The molecule has 1 aliphatic rings. The topological polar surface area (TPSA) is 70.5 Å². The second kappa shape index (κ2) is 8.72. The Hall–Kier alpha value is -3.47. The number of amides is 1. The molecule has 2 aromatic carbocycles. The third-order valence-electron chi connectivity index (χ3n) is 5.80. The van der Waals surface area contributed by atoms with Gasteiger partial charge >= 0.3 is 5.97 Å². The minimum atomic E-state index is -0.917. The van der Waals surface area contributed by atoms with Gasteiger partial charge in [0.05, 0.1) is 11.3 Å². The van der Waals surface area contributed by atoms with Crippen LogP contribution >= 0.6 is 0 Å². The van der Waals surface area contributed by atoms with Gasteiger partial charge in [-0.05, 0) is 68.0 Å². The van der Waals surface area contributed by atoms with E-state index in [0.717, 1.165) is 59.4 Å². The minimum absolute atomic E-state index is 0.0780. The average Bonchev–Trinajstić information content (AvgIpc) is 3.29. The van der Waals surface area contributed by atoms with Crippen molar-refractivity contribution in [1.82, 2.24) is 9.88 Å². The Morgan fingerprint density at radius 3 is 2.52 bits per heavy atom. The highest BCUT2D eigenvalue weighted by molar-refractivity contribution is 5.95. The summed E-state index contributed by atoms with van der Waals surface area (Å²) in [7, 11) is 0. The molecule has 0 aliphatic carbocycles. The van der Waals surface area contributed by atoms with Gasteiger partial charge in [-0.1, -0.05) is 35.9 Å². The Bertz CT molecular complexity index is 1150. The summed E-state index contributed by atoms with van der Waals surface area (Å²) in [5, 5.41) is 9.52. The highest BCUT2D eigenvalue weighted by Gasteiger charge is 2.20. The standard InChI is InChI=1S/C26H26N2O3/c1-17-8-9-20(23(12-17)26(30)31)14-19-13-18(2)24(27-16-19)21-6-5-7-22(15-21)25(29)28-10-3-4-11-28/h5-9,12-13,15-16H,3-4,10-11,14H2,1-2H3,(H,30,31). The number of carbonyl (C=O) groups excluding carboxylic acids is 1. The third kappa shape index (κ3) is 4.50. The van der Waals surface area contributed by atoms with E-state index in [1.54, 1.807) is 12.3 Å². The molecule has 1 aromatic heterocycles. The third-order valence-corrected chi connectivity index (χ3v) is 5.80. The van der Waals surface area contributed by atoms with Crippen LogP contribution in [0.2, 0.25) is 0 Å². The molecule has 1 aliphatic heterocycles. The first kappa shape index (κ1) is 20.8. The molecule has 5 heteroatoms. The fourth-order valence-corrected chi connectivity index (χ4v) is 4.20. The molecule has 1 N–H and O–H groups in total. The lowest BCUT2D eigenvalue weighted by Crippen LogP contribution is -2.27. The number of pyridine rings is 1. The van der Waals surface area contributed by atoms with E-state index in [2.05, 4.69) is 4.98 Å². The van der Waals surface area contributed by atoms with Gasteiger partial charge in [0.2, 0.25) is 0 Å². The molecule has 158 valence electrons. The number of likely N-dealkylation sites (tertiary alicyclic amines) is 1. The summed E-state index contributed by atoms with van der Waals surface area (Å²) >= 11 is 0. The number of nitrogens with zero attached hydrogens (tertiary/aromatic N) is 2. The van der Waals surface area contributed by atoms with Crippen LogP contribution in [0.1, 0.15) is 55.8 Å². The van der Waals surface area contributed by atoms with E-state index < -0.39 is 5.97 Å². The maximum absolute atomic E-state index is 12.7. The molecule has 0 unspecified atom stereocenters. The van der Waals surface area contributed by atoms with E-state index in [1.165, 1.54) is 0 Å². The smallest absolute Gasteiger partial charge is 0.335 e. The van der Waals surface area contributed by atoms with Crippen molar-refractivity contribution in [2.45, 2.75) is 33.1 Å². The van der Waals surface area contributed by atoms with Crippen LogP contribution in [0.3, 0.4) is 0 Å². The van der Waals surface area contributed by atoms with Crippen molar-refractivity contribution in [3.8, 4) is 11.3 Å². The number of carboxylic acid groups (broad SMARTS) is 1.